The fraction of sp³-hybridized carbons (Fsp3) is 0.500. The lowest BCUT2D eigenvalue weighted by Gasteiger charge is -2.28. The Morgan fingerprint density at radius 3 is 2.44 bits per heavy atom. The Morgan fingerprint density at radius 2 is 2.00 bits per heavy atom. The van der Waals surface area contributed by atoms with Gasteiger partial charge in [-0.15, -0.1) is 0 Å². The van der Waals surface area contributed by atoms with Crippen LogP contribution in [0, 0.1) is 5.82 Å². The molecule has 102 valence electrons. The largest absolute Gasteiger partial charge is 0.391 e. The average molecular weight is 295 g/mol. The van der Waals surface area contributed by atoms with Gasteiger partial charge in [0, 0.05) is 6.26 Å². The Bertz CT molecular complexity index is 540. The number of hydrogen-bond acceptors (Lipinski definition) is 3. The summed E-state index contributed by atoms with van der Waals surface area (Å²) < 4.78 is 34.8. The minimum atomic E-state index is -3.40. The van der Waals surface area contributed by atoms with E-state index in [-0.39, 0.29) is 11.4 Å². The molecular weight excluding hydrogens is 279 g/mol. The van der Waals surface area contributed by atoms with Crippen molar-refractivity contribution in [3.63, 3.8) is 0 Å². The molecule has 0 amide bonds. The van der Waals surface area contributed by atoms with Crippen LogP contribution in [0.15, 0.2) is 18.2 Å². The lowest BCUT2D eigenvalue weighted by molar-refractivity contribution is 0.138. The fourth-order valence-corrected chi connectivity index (χ4v) is 2.16. The lowest BCUT2D eigenvalue weighted by Crippen LogP contribution is -2.44. The second-order valence-corrected chi connectivity index (χ2v) is 7.85. The number of hydrogen-bond donors (Lipinski definition) is 1. The summed E-state index contributed by atoms with van der Waals surface area (Å²) in [4.78, 5) is 0. The molecule has 1 aromatic carbocycles. The van der Waals surface area contributed by atoms with E-state index in [1.54, 1.807) is 0 Å². The van der Waals surface area contributed by atoms with E-state index in [4.69, 9.17) is 11.6 Å². The maximum Gasteiger partial charge on any atom is 0.155 e. The van der Waals surface area contributed by atoms with Gasteiger partial charge in [-0.05, 0) is 38.0 Å². The van der Waals surface area contributed by atoms with E-state index < -0.39 is 26.5 Å². The van der Waals surface area contributed by atoms with Gasteiger partial charge in [0.25, 0.3) is 0 Å². The zero-order valence-electron chi connectivity index (χ0n) is 10.4. The van der Waals surface area contributed by atoms with E-state index in [0.717, 1.165) is 6.26 Å². The van der Waals surface area contributed by atoms with Crippen molar-refractivity contribution < 1.29 is 17.9 Å². The minimum absolute atomic E-state index is 0.0446. The van der Waals surface area contributed by atoms with Crippen molar-refractivity contribution in [2.75, 3.05) is 6.26 Å². The molecule has 1 N–H and O–H groups in total. The maximum absolute atomic E-state index is 13.0. The van der Waals surface area contributed by atoms with Crippen LogP contribution in [-0.4, -0.2) is 30.6 Å². The van der Waals surface area contributed by atoms with Gasteiger partial charge in [-0.1, -0.05) is 17.7 Å². The van der Waals surface area contributed by atoms with Gasteiger partial charge in [-0.25, -0.2) is 12.8 Å². The summed E-state index contributed by atoms with van der Waals surface area (Å²) in [7, 11) is -3.40. The lowest BCUT2D eigenvalue weighted by atomic mass is 9.98. The normalized spacial score (nSPS) is 14.6. The van der Waals surface area contributed by atoms with Gasteiger partial charge in [0.15, 0.2) is 9.84 Å². The van der Waals surface area contributed by atoms with Crippen molar-refractivity contribution in [2.45, 2.75) is 31.1 Å². The molecule has 0 saturated carbocycles. The molecule has 0 heterocycles. The molecule has 1 unspecified atom stereocenters. The predicted molar refractivity (Wildman–Crippen MR) is 70.0 cm³/mol. The number of sulfone groups is 1. The predicted octanol–water partition coefficient (Wildman–Crippen LogP) is 2.21. The topological polar surface area (TPSA) is 54.4 Å². The molecule has 3 nitrogen and oxygen atoms in total. The van der Waals surface area contributed by atoms with Crippen molar-refractivity contribution in [1.29, 1.82) is 0 Å². The van der Waals surface area contributed by atoms with Gasteiger partial charge in [-0.2, -0.15) is 0 Å². The van der Waals surface area contributed by atoms with Crippen LogP contribution in [-0.2, 0) is 16.3 Å². The van der Waals surface area contributed by atoms with Crippen LogP contribution >= 0.6 is 11.6 Å². The zero-order valence-corrected chi connectivity index (χ0v) is 12.0. The average Bonchev–Trinajstić information content (AvgIpc) is 2.21. The standard InChI is InChI=1S/C12H16ClFO3S/c1-12(2,18(3,16)17)11(15)7-8-4-5-10(14)9(13)6-8/h4-6,11,15H,7H2,1-3H3. The Hall–Kier alpha value is -0.650. The highest BCUT2D eigenvalue weighted by Crippen LogP contribution is 2.24. The SMILES string of the molecule is CC(C)(C(O)Cc1ccc(F)c(Cl)c1)S(C)(=O)=O. The molecule has 1 atom stereocenters. The van der Waals surface area contributed by atoms with Gasteiger partial charge < -0.3 is 5.11 Å². The number of halogens is 2. The van der Waals surface area contributed by atoms with E-state index in [0.29, 0.717) is 5.56 Å². The first-order chi connectivity index (χ1) is 8.05. The first-order valence-electron chi connectivity index (χ1n) is 5.37. The van der Waals surface area contributed by atoms with Crippen molar-refractivity contribution in [3.8, 4) is 0 Å². The molecule has 0 fully saturated rings. The van der Waals surface area contributed by atoms with Gasteiger partial charge in [-0.3, -0.25) is 0 Å². The molecule has 0 bridgehead atoms. The van der Waals surface area contributed by atoms with E-state index >= 15 is 0 Å². The first-order valence-corrected chi connectivity index (χ1v) is 7.64. The van der Waals surface area contributed by atoms with Crippen LogP contribution in [0.5, 0.6) is 0 Å². The van der Waals surface area contributed by atoms with Crippen molar-refractivity contribution in [3.05, 3.63) is 34.6 Å². The second-order valence-electron chi connectivity index (χ2n) is 4.84. The molecule has 0 aliphatic heterocycles. The van der Waals surface area contributed by atoms with Gasteiger partial charge in [0.05, 0.1) is 15.9 Å². The summed E-state index contributed by atoms with van der Waals surface area (Å²) in [5.74, 6) is -0.544. The van der Waals surface area contributed by atoms with Crippen molar-refractivity contribution >= 4 is 21.4 Å². The van der Waals surface area contributed by atoms with Gasteiger partial charge in [0.2, 0.25) is 0 Å². The summed E-state index contributed by atoms with van der Waals surface area (Å²) in [6, 6.07) is 4.05. The first kappa shape index (κ1) is 15.4. The van der Waals surface area contributed by atoms with Crippen molar-refractivity contribution in [1.82, 2.24) is 0 Å². The second kappa shape index (κ2) is 5.15. The van der Waals surface area contributed by atoms with E-state index in [1.807, 2.05) is 0 Å². The third-order valence-electron chi connectivity index (χ3n) is 3.17. The minimum Gasteiger partial charge on any atom is -0.391 e. The highest BCUT2D eigenvalue weighted by Gasteiger charge is 2.37. The molecule has 0 spiro atoms. The maximum atomic E-state index is 13.0. The zero-order chi connectivity index (χ0) is 14.1. The molecule has 0 aromatic heterocycles. The van der Waals surface area contributed by atoms with Crippen molar-refractivity contribution in [2.24, 2.45) is 0 Å². The summed E-state index contributed by atoms with van der Waals surface area (Å²) in [5.41, 5.74) is 0.589. The molecule has 18 heavy (non-hydrogen) atoms. The Kier molecular flexibility index (Phi) is 4.41. The Morgan fingerprint density at radius 1 is 1.44 bits per heavy atom. The molecule has 6 heteroatoms. The smallest absolute Gasteiger partial charge is 0.155 e. The summed E-state index contributed by atoms with van der Waals surface area (Å²) in [6.07, 6.45) is 0.0857. The summed E-state index contributed by atoms with van der Waals surface area (Å²) >= 11 is 5.63. The van der Waals surface area contributed by atoms with Gasteiger partial charge in [0.1, 0.15) is 5.82 Å². The number of aliphatic hydroxyl groups is 1. The van der Waals surface area contributed by atoms with Crippen LogP contribution in [0.4, 0.5) is 4.39 Å². The third kappa shape index (κ3) is 3.22. The highest BCUT2D eigenvalue weighted by atomic mass is 35.5. The molecule has 0 aliphatic carbocycles. The van der Waals surface area contributed by atoms with Gasteiger partial charge >= 0.3 is 0 Å². The molecule has 1 aromatic rings. The van der Waals surface area contributed by atoms with Crippen LogP contribution in [0.25, 0.3) is 0 Å². The van der Waals surface area contributed by atoms with Crippen LogP contribution < -0.4 is 0 Å². The molecule has 1 rings (SSSR count). The quantitative estimate of drug-likeness (QED) is 0.926. The summed E-state index contributed by atoms with van der Waals surface area (Å²) in [6.45, 7) is 2.91. The van der Waals surface area contributed by atoms with E-state index in [1.165, 1.54) is 32.0 Å². The van der Waals surface area contributed by atoms with E-state index in [9.17, 15) is 17.9 Å². The molecular formula is C12H16ClFO3S. The Balaban J connectivity index is 2.94. The number of benzene rings is 1. The number of aliphatic hydroxyl groups excluding tert-OH is 1. The number of rotatable bonds is 4. The molecule has 0 saturated heterocycles. The monoisotopic (exact) mass is 294 g/mol. The van der Waals surface area contributed by atoms with Crippen LogP contribution in [0.1, 0.15) is 19.4 Å². The van der Waals surface area contributed by atoms with E-state index in [2.05, 4.69) is 0 Å². The fourth-order valence-electron chi connectivity index (χ4n) is 1.38. The summed E-state index contributed by atoms with van der Waals surface area (Å²) in [5, 5.41) is 9.97. The highest BCUT2D eigenvalue weighted by molar-refractivity contribution is 7.92. The third-order valence-corrected chi connectivity index (χ3v) is 5.64. The molecule has 0 aliphatic rings. The van der Waals surface area contributed by atoms with Crippen LogP contribution in [0.3, 0.4) is 0 Å². The molecule has 0 radical (unpaired) electrons. The Labute approximate surface area is 112 Å². The van der Waals surface area contributed by atoms with Crippen LogP contribution in [0.2, 0.25) is 5.02 Å².